The molecule has 1 atom stereocenters. The van der Waals surface area contributed by atoms with Gasteiger partial charge in [0.15, 0.2) is 9.84 Å². The van der Waals surface area contributed by atoms with Gasteiger partial charge in [0, 0.05) is 32.7 Å². The highest BCUT2D eigenvalue weighted by Gasteiger charge is 2.34. The third kappa shape index (κ3) is 3.95. The molecule has 1 aliphatic rings. The van der Waals surface area contributed by atoms with Crippen LogP contribution in [0, 0.1) is 0 Å². The lowest BCUT2D eigenvalue weighted by atomic mass is 10.2. The van der Waals surface area contributed by atoms with Crippen molar-refractivity contribution in [3.63, 3.8) is 0 Å². The molecule has 0 bridgehead atoms. The number of hydrogen-bond acceptors (Lipinski definition) is 4. The molecule has 24 heavy (non-hydrogen) atoms. The molecular formula is C17H24N2O4S. The highest BCUT2D eigenvalue weighted by atomic mass is 32.2. The summed E-state index contributed by atoms with van der Waals surface area (Å²) in [6, 6.07) is 7.55. The van der Waals surface area contributed by atoms with E-state index in [1.54, 1.807) is 19.0 Å². The fourth-order valence-electron chi connectivity index (χ4n) is 2.77. The van der Waals surface area contributed by atoms with Crippen LogP contribution < -0.4 is 4.90 Å². The van der Waals surface area contributed by atoms with Gasteiger partial charge in [0.2, 0.25) is 11.8 Å². The van der Waals surface area contributed by atoms with Gasteiger partial charge in [-0.05, 0) is 31.4 Å². The largest absolute Gasteiger partial charge is 0.349 e. The third-order valence-electron chi connectivity index (χ3n) is 4.36. The number of para-hydroxylation sites is 1. The van der Waals surface area contributed by atoms with E-state index in [0.29, 0.717) is 6.54 Å². The summed E-state index contributed by atoms with van der Waals surface area (Å²) in [5.74, 6) is -0.661. The Morgan fingerprint density at radius 3 is 2.58 bits per heavy atom. The second-order valence-corrected chi connectivity index (χ2v) is 8.71. The van der Waals surface area contributed by atoms with E-state index in [-0.39, 0.29) is 30.4 Å². The fraction of sp³-hybridized carbons (Fsp3) is 0.529. The minimum Gasteiger partial charge on any atom is -0.349 e. The predicted octanol–water partition coefficient (Wildman–Crippen LogP) is 1.25. The van der Waals surface area contributed by atoms with Crippen LogP contribution in [0.1, 0.15) is 25.3 Å². The lowest BCUT2D eigenvalue weighted by molar-refractivity contribution is -0.128. The van der Waals surface area contributed by atoms with E-state index in [2.05, 4.69) is 0 Å². The van der Waals surface area contributed by atoms with Crippen LogP contribution in [0.2, 0.25) is 0 Å². The average molecular weight is 352 g/mol. The molecule has 1 heterocycles. The summed E-state index contributed by atoms with van der Waals surface area (Å²) >= 11 is 0. The molecule has 0 saturated heterocycles. The average Bonchev–Trinajstić information content (AvgIpc) is 2.97. The van der Waals surface area contributed by atoms with Crippen molar-refractivity contribution in [3.8, 4) is 0 Å². The normalized spacial score (nSPS) is 15.0. The fourth-order valence-corrected chi connectivity index (χ4v) is 4.10. The number of anilines is 1. The van der Waals surface area contributed by atoms with Gasteiger partial charge in [-0.15, -0.1) is 0 Å². The first-order chi connectivity index (χ1) is 11.2. The Kier molecular flexibility index (Phi) is 5.64. The highest BCUT2D eigenvalue weighted by Crippen LogP contribution is 2.28. The molecular weight excluding hydrogens is 328 g/mol. The first-order valence-electron chi connectivity index (χ1n) is 8.05. The Bertz CT molecular complexity index is 728. The van der Waals surface area contributed by atoms with E-state index < -0.39 is 15.1 Å². The number of carbonyl (C=O) groups excluding carboxylic acids is 2. The van der Waals surface area contributed by atoms with Crippen molar-refractivity contribution in [2.45, 2.75) is 31.4 Å². The van der Waals surface area contributed by atoms with Crippen LogP contribution >= 0.6 is 0 Å². The van der Waals surface area contributed by atoms with Crippen molar-refractivity contribution in [3.05, 3.63) is 29.8 Å². The van der Waals surface area contributed by atoms with Crippen molar-refractivity contribution in [2.75, 3.05) is 31.3 Å². The summed E-state index contributed by atoms with van der Waals surface area (Å²) in [6.45, 7) is 1.95. The first kappa shape index (κ1) is 18.4. The summed E-state index contributed by atoms with van der Waals surface area (Å²) in [6.07, 6.45) is 1.14. The number of fused-ring (bicyclic) bond motifs is 1. The Hall–Kier alpha value is -1.89. The second-order valence-electron chi connectivity index (χ2n) is 6.27. The molecule has 0 fully saturated rings. The molecule has 0 N–H and O–H groups in total. The maximum absolute atomic E-state index is 12.6. The van der Waals surface area contributed by atoms with Crippen molar-refractivity contribution in [1.82, 2.24) is 4.90 Å². The molecule has 132 valence electrons. The molecule has 2 amide bonds. The van der Waals surface area contributed by atoms with E-state index in [1.807, 2.05) is 24.3 Å². The van der Waals surface area contributed by atoms with Gasteiger partial charge >= 0.3 is 0 Å². The van der Waals surface area contributed by atoms with Gasteiger partial charge in [-0.3, -0.25) is 9.59 Å². The number of benzene rings is 1. The molecule has 2 rings (SSSR count). The SMILES string of the molecule is CC(C(=O)N1CCc2ccccc21)S(=O)(=O)CCCC(=O)N(C)C. The molecule has 0 radical (unpaired) electrons. The Labute approximate surface area is 143 Å². The number of rotatable bonds is 6. The molecule has 1 aliphatic heterocycles. The number of nitrogens with zero attached hydrogens (tertiary/aromatic N) is 2. The van der Waals surface area contributed by atoms with Gasteiger partial charge in [-0.2, -0.15) is 0 Å². The lowest BCUT2D eigenvalue weighted by Gasteiger charge is -2.22. The maximum Gasteiger partial charge on any atom is 0.245 e. The van der Waals surface area contributed by atoms with Crippen molar-refractivity contribution in [2.24, 2.45) is 0 Å². The van der Waals surface area contributed by atoms with Crippen LogP contribution in [0.4, 0.5) is 5.69 Å². The summed E-state index contributed by atoms with van der Waals surface area (Å²) in [5.41, 5.74) is 1.86. The molecule has 0 saturated carbocycles. The minimum atomic E-state index is -3.58. The summed E-state index contributed by atoms with van der Waals surface area (Å²) < 4.78 is 24.8. The first-order valence-corrected chi connectivity index (χ1v) is 9.76. The van der Waals surface area contributed by atoms with Gasteiger partial charge < -0.3 is 9.80 Å². The van der Waals surface area contributed by atoms with Crippen LogP contribution in [0.5, 0.6) is 0 Å². The Morgan fingerprint density at radius 2 is 1.92 bits per heavy atom. The molecule has 1 aromatic rings. The molecule has 0 aromatic heterocycles. The number of hydrogen-bond donors (Lipinski definition) is 0. The standard InChI is InChI=1S/C17H24N2O4S/c1-13(24(22,23)12-6-9-16(20)18(2)3)17(21)19-11-10-14-7-4-5-8-15(14)19/h4-5,7-8,13H,6,9-12H2,1-3H3. The quantitative estimate of drug-likeness (QED) is 0.772. The molecule has 1 aromatic carbocycles. The number of amides is 2. The maximum atomic E-state index is 12.6. The zero-order valence-corrected chi connectivity index (χ0v) is 15.2. The van der Waals surface area contributed by atoms with E-state index in [0.717, 1.165) is 17.7 Å². The van der Waals surface area contributed by atoms with Crippen molar-refractivity contribution < 1.29 is 18.0 Å². The number of carbonyl (C=O) groups is 2. The summed E-state index contributed by atoms with van der Waals surface area (Å²) in [7, 11) is -0.317. The van der Waals surface area contributed by atoms with Gasteiger partial charge in [-0.1, -0.05) is 18.2 Å². The Morgan fingerprint density at radius 1 is 1.25 bits per heavy atom. The van der Waals surface area contributed by atoms with E-state index >= 15 is 0 Å². The molecule has 6 nitrogen and oxygen atoms in total. The van der Waals surface area contributed by atoms with Crippen molar-refractivity contribution >= 4 is 27.3 Å². The zero-order chi connectivity index (χ0) is 17.9. The van der Waals surface area contributed by atoms with Gasteiger partial charge in [0.25, 0.3) is 0 Å². The third-order valence-corrected chi connectivity index (χ3v) is 6.49. The molecule has 0 aliphatic carbocycles. The van der Waals surface area contributed by atoms with Gasteiger partial charge in [-0.25, -0.2) is 8.42 Å². The summed E-state index contributed by atoms with van der Waals surface area (Å²) in [4.78, 5) is 27.2. The zero-order valence-electron chi connectivity index (χ0n) is 14.4. The minimum absolute atomic E-state index is 0.113. The second kappa shape index (κ2) is 7.34. The monoisotopic (exact) mass is 352 g/mol. The van der Waals surface area contributed by atoms with Crippen LogP contribution in [0.15, 0.2) is 24.3 Å². The molecule has 0 spiro atoms. The van der Waals surface area contributed by atoms with Gasteiger partial charge in [0.05, 0.1) is 5.75 Å². The Balaban J connectivity index is 2.01. The van der Waals surface area contributed by atoms with Crippen LogP contribution in [0.25, 0.3) is 0 Å². The van der Waals surface area contributed by atoms with Crippen LogP contribution in [-0.4, -0.2) is 56.8 Å². The lowest BCUT2D eigenvalue weighted by Crippen LogP contribution is -2.41. The van der Waals surface area contributed by atoms with E-state index in [1.165, 1.54) is 11.8 Å². The predicted molar refractivity (Wildman–Crippen MR) is 93.7 cm³/mol. The highest BCUT2D eigenvalue weighted by molar-refractivity contribution is 7.92. The molecule has 1 unspecified atom stereocenters. The van der Waals surface area contributed by atoms with Crippen LogP contribution in [0.3, 0.4) is 0 Å². The van der Waals surface area contributed by atoms with Crippen LogP contribution in [-0.2, 0) is 25.8 Å². The van der Waals surface area contributed by atoms with E-state index in [9.17, 15) is 18.0 Å². The number of sulfone groups is 1. The van der Waals surface area contributed by atoms with E-state index in [4.69, 9.17) is 0 Å². The molecule has 7 heteroatoms. The summed E-state index contributed by atoms with van der Waals surface area (Å²) in [5, 5.41) is -1.10. The van der Waals surface area contributed by atoms with Crippen molar-refractivity contribution in [1.29, 1.82) is 0 Å². The smallest absolute Gasteiger partial charge is 0.245 e. The topological polar surface area (TPSA) is 74.8 Å². The van der Waals surface area contributed by atoms with Gasteiger partial charge in [0.1, 0.15) is 5.25 Å².